The molecule has 0 N–H and O–H groups in total. The van der Waals surface area contributed by atoms with Gasteiger partial charge in [0.15, 0.2) is 4.77 Å². The molecule has 0 aliphatic carbocycles. The molecule has 0 radical (unpaired) electrons. The van der Waals surface area contributed by atoms with Gasteiger partial charge >= 0.3 is 0 Å². The highest BCUT2D eigenvalue weighted by Gasteiger charge is 2.19. The first-order valence-corrected chi connectivity index (χ1v) is 9.18. The molecule has 7 heteroatoms. The van der Waals surface area contributed by atoms with Gasteiger partial charge in [0.05, 0.1) is 18.6 Å². The van der Waals surface area contributed by atoms with Crippen molar-refractivity contribution in [3.8, 4) is 11.3 Å². The molecular weight excluding hydrogens is 344 g/mol. The average Bonchev–Trinajstić information content (AvgIpc) is 2.98. The van der Waals surface area contributed by atoms with Gasteiger partial charge in [-0.2, -0.15) is 0 Å². The van der Waals surface area contributed by atoms with E-state index >= 15 is 0 Å². The first-order valence-electron chi connectivity index (χ1n) is 8.77. The fourth-order valence-corrected chi connectivity index (χ4v) is 3.56. The summed E-state index contributed by atoms with van der Waals surface area (Å²) in [5, 5.41) is 0. The summed E-state index contributed by atoms with van der Waals surface area (Å²) in [6, 6.07) is 10.4. The normalized spacial score (nSPS) is 15.3. The van der Waals surface area contributed by atoms with Crippen LogP contribution < -0.4 is 4.90 Å². The lowest BCUT2D eigenvalue weighted by Crippen LogP contribution is -2.47. The zero-order chi connectivity index (χ0) is 17.9. The van der Waals surface area contributed by atoms with Crippen LogP contribution in [0.4, 0.5) is 5.82 Å². The Bertz CT molecular complexity index is 910. The lowest BCUT2D eigenvalue weighted by atomic mass is 10.2. The third-order valence-electron chi connectivity index (χ3n) is 4.84. The molecule has 1 fully saturated rings. The van der Waals surface area contributed by atoms with Gasteiger partial charge in [-0.1, -0.05) is 30.3 Å². The molecule has 26 heavy (non-hydrogen) atoms. The van der Waals surface area contributed by atoms with Gasteiger partial charge in [0.25, 0.3) is 0 Å². The fraction of sp³-hybridized carbons (Fsp3) is 0.316. The van der Waals surface area contributed by atoms with Crippen molar-refractivity contribution in [2.75, 3.05) is 31.1 Å². The third-order valence-corrected chi connectivity index (χ3v) is 5.35. The van der Waals surface area contributed by atoms with Gasteiger partial charge in [0.2, 0.25) is 0 Å². The largest absolute Gasteiger partial charge is 0.353 e. The standard InChI is InChI=1S/C19H22N6S/c1-22-17(16-5-3-2-4-6-16)14-25(19(22)26)15-23-9-11-24(12-10-23)18-13-20-7-8-21-18/h2-8,13-14H,9-12,15H2,1H3. The molecule has 0 spiro atoms. The van der Waals surface area contributed by atoms with E-state index in [9.17, 15) is 0 Å². The van der Waals surface area contributed by atoms with Crippen LogP contribution in [-0.2, 0) is 13.7 Å². The number of nitrogens with zero attached hydrogens (tertiary/aromatic N) is 6. The first-order chi connectivity index (χ1) is 12.7. The van der Waals surface area contributed by atoms with Crippen molar-refractivity contribution in [1.82, 2.24) is 24.0 Å². The van der Waals surface area contributed by atoms with E-state index in [1.165, 1.54) is 5.56 Å². The third kappa shape index (κ3) is 3.40. The van der Waals surface area contributed by atoms with Crippen LogP contribution in [0, 0.1) is 4.77 Å². The van der Waals surface area contributed by atoms with E-state index in [1.54, 1.807) is 12.4 Å². The highest BCUT2D eigenvalue weighted by Crippen LogP contribution is 2.20. The van der Waals surface area contributed by atoms with Crippen LogP contribution in [0.15, 0.2) is 55.1 Å². The van der Waals surface area contributed by atoms with Gasteiger partial charge in [0, 0.05) is 51.8 Å². The summed E-state index contributed by atoms with van der Waals surface area (Å²) < 4.78 is 5.09. The molecule has 4 rings (SSSR count). The minimum atomic E-state index is 0.813. The molecule has 1 aromatic carbocycles. The summed E-state index contributed by atoms with van der Waals surface area (Å²) in [6.07, 6.45) is 7.44. The molecule has 0 bridgehead atoms. The van der Waals surface area contributed by atoms with Gasteiger partial charge in [0.1, 0.15) is 5.82 Å². The Morgan fingerprint density at radius 2 is 1.81 bits per heavy atom. The molecule has 0 amide bonds. The highest BCUT2D eigenvalue weighted by atomic mass is 32.1. The predicted octanol–water partition coefficient (Wildman–Crippen LogP) is 2.79. The Kier molecular flexibility index (Phi) is 4.81. The molecule has 0 unspecified atom stereocenters. The average molecular weight is 366 g/mol. The van der Waals surface area contributed by atoms with E-state index in [2.05, 4.69) is 59.4 Å². The summed E-state index contributed by atoms with van der Waals surface area (Å²) >= 11 is 5.65. The van der Waals surface area contributed by atoms with Gasteiger partial charge in [-0.05, 0) is 17.8 Å². The zero-order valence-corrected chi connectivity index (χ0v) is 15.6. The van der Waals surface area contributed by atoms with Crippen LogP contribution in [0.5, 0.6) is 0 Å². The molecule has 2 aromatic heterocycles. The van der Waals surface area contributed by atoms with E-state index in [-0.39, 0.29) is 0 Å². The Balaban J connectivity index is 1.45. The number of rotatable bonds is 4. The number of piperazine rings is 1. The van der Waals surface area contributed by atoms with Crippen molar-refractivity contribution in [3.63, 3.8) is 0 Å². The summed E-state index contributed by atoms with van der Waals surface area (Å²) in [4.78, 5) is 13.3. The van der Waals surface area contributed by atoms with Crippen LogP contribution in [-0.4, -0.2) is 50.2 Å². The molecule has 1 saturated heterocycles. The maximum Gasteiger partial charge on any atom is 0.181 e. The number of imidazole rings is 1. The minimum absolute atomic E-state index is 0.813. The predicted molar refractivity (Wildman–Crippen MR) is 105 cm³/mol. The minimum Gasteiger partial charge on any atom is -0.353 e. The molecular formula is C19H22N6S. The lowest BCUT2D eigenvalue weighted by molar-refractivity contribution is 0.204. The van der Waals surface area contributed by atoms with Crippen LogP contribution in [0.3, 0.4) is 0 Å². The second-order valence-corrected chi connectivity index (χ2v) is 6.87. The van der Waals surface area contributed by atoms with Gasteiger partial charge in [-0.3, -0.25) is 9.88 Å². The van der Waals surface area contributed by atoms with Crippen molar-refractivity contribution < 1.29 is 0 Å². The number of benzene rings is 1. The number of anilines is 1. The van der Waals surface area contributed by atoms with E-state index < -0.39 is 0 Å². The van der Waals surface area contributed by atoms with Gasteiger partial charge in [-0.25, -0.2) is 4.98 Å². The molecule has 6 nitrogen and oxygen atoms in total. The van der Waals surface area contributed by atoms with Crippen LogP contribution in [0.25, 0.3) is 11.3 Å². The molecule has 3 heterocycles. The summed E-state index contributed by atoms with van der Waals surface area (Å²) in [6.45, 7) is 4.67. The zero-order valence-electron chi connectivity index (χ0n) is 14.8. The molecule has 134 valence electrons. The Hall–Kier alpha value is -2.51. The SMILES string of the molecule is Cn1c(-c2ccccc2)cn(CN2CCN(c3cnccn3)CC2)c1=S. The maximum absolute atomic E-state index is 5.65. The van der Waals surface area contributed by atoms with E-state index in [4.69, 9.17) is 12.2 Å². The number of hydrogen-bond acceptors (Lipinski definition) is 5. The smallest absolute Gasteiger partial charge is 0.181 e. The maximum atomic E-state index is 5.65. The highest BCUT2D eigenvalue weighted by molar-refractivity contribution is 7.71. The van der Waals surface area contributed by atoms with E-state index in [0.717, 1.165) is 49.1 Å². The van der Waals surface area contributed by atoms with E-state index in [1.807, 2.05) is 19.3 Å². The Morgan fingerprint density at radius 3 is 2.50 bits per heavy atom. The summed E-state index contributed by atoms with van der Waals surface area (Å²) in [5.41, 5.74) is 2.33. The van der Waals surface area contributed by atoms with Crippen LogP contribution in [0.2, 0.25) is 0 Å². The second-order valence-electron chi connectivity index (χ2n) is 6.50. The molecule has 1 aliphatic heterocycles. The molecule has 0 saturated carbocycles. The van der Waals surface area contributed by atoms with Crippen molar-refractivity contribution in [1.29, 1.82) is 0 Å². The fourth-order valence-electron chi connectivity index (χ4n) is 3.35. The topological polar surface area (TPSA) is 42.1 Å². The van der Waals surface area contributed by atoms with Crippen molar-refractivity contribution in [3.05, 3.63) is 59.9 Å². The van der Waals surface area contributed by atoms with Crippen LogP contribution >= 0.6 is 12.2 Å². The number of aromatic nitrogens is 4. The lowest BCUT2D eigenvalue weighted by Gasteiger charge is -2.35. The van der Waals surface area contributed by atoms with Crippen LogP contribution in [0.1, 0.15) is 0 Å². The van der Waals surface area contributed by atoms with Crippen molar-refractivity contribution in [2.24, 2.45) is 7.05 Å². The van der Waals surface area contributed by atoms with Gasteiger partial charge < -0.3 is 14.0 Å². The Morgan fingerprint density at radius 1 is 1.04 bits per heavy atom. The Labute approximate surface area is 158 Å². The van der Waals surface area contributed by atoms with Crippen molar-refractivity contribution >= 4 is 18.0 Å². The van der Waals surface area contributed by atoms with Crippen molar-refractivity contribution in [2.45, 2.75) is 6.67 Å². The molecule has 0 atom stereocenters. The second kappa shape index (κ2) is 7.39. The quantitative estimate of drug-likeness (QED) is 0.664. The van der Waals surface area contributed by atoms with E-state index in [0.29, 0.717) is 0 Å². The summed E-state index contributed by atoms with van der Waals surface area (Å²) in [7, 11) is 2.03. The van der Waals surface area contributed by atoms with Gasteiger partial charge in [-0.15, -0.1) is 0 Å². The number of hydrogen-bond donors (Lipinski definition) is 0. The first kappa shape index (κ1) is 16.9. The monoisotopic (exact) mass is 366 g/mol. The summed E-state index contributed by atoms with van der Waals surface area (Å²) in [5.74, 6) is 0.954. The molecule has 1 aliphatic rings. The molecule has 3 aromatic rings.